The SMILES string of the molecule is COc1ccc(/C=C2\CCCc3c2nc2ccccc2c3C(=O)[O-])cc1. The van der Waals surface area contributed by atoms with Crippen LogP contribution in [0.25, 0.3) is 22.6 Å². The number of benzene rings is 2. The minimum absolute atomic E-state index is 0.283. The summed E-state index contributed by atoms with van der Waals surface area (Å²) in [4.78, 5) is 16.6. The largest absolute Gasteiger partial charge is 0.545 e. The summed E-state index contributed by atoms with van der Waals surface area (Å²) < 4.78 is 5.20. The molecule has 0 amide bonds. The molecule has 0 saturated carbocycles. The number of fused-ring (bicyclic) bond motifs is 2. The predicted molar refractivity (Wildman–Crippen MR) is 99.9 cm³/mol. The number of para-hydroxylation sites is 1. The number of pyridine rings is 1. The van der Waals surface area contributed by atoms with Crippen LogP contribution in [0.5, 0.6) is 5.75 Å². The Morgan fingerprint density at radius 3 is 2.62 bits per heavy atom. The van der Waals surface area contributed by atoms with Crippen LogP contribution in [-0.4, -0.2) is 18.1 Å². The summed E-state index contributed by atoms with van der Waals surface area (Å²) in [7, 11) is 1.64. The molecule has 0 unspecified atom stereocenters. The number of hydrogen-bond acceptors (Lipinski definition) is 4. The highest BCUT2D eigenvalue weighted by atomic mass is 16.5. The molecule has 0 atom stereocenters. The number of carbonyl (C=O) groups excluding carboxylic acids is 1. The Hall–Kier alpha value is -3.14. The summed E-state index contributed by atoms with van der Waals surface area (Å²) in [6.07, 6.45) is 4.56. The minimum atomic E-state index is -1.13. The number of carboxylic acids is 1. The molecule has 0 radical (unpaired) electrons. The maximum absolute atomic E-state index is 11.9. The molecule has 3 aromatic rings. The zero-order valence-electron chi connectivity index (χ0n) is 14.5. The first-order valence-electron chi connectivity index (χ1n) is 8.65. The number of aromatic carboxylic acids is 1. The van der Waals surface area contributed by atoms with E-state index in [4.69, 9.17) is 9.72 Å². The van der Waals surface area contributed by atoms with Gasteiger partial charge in [-0.3, -0.25) is 0 Å². The zero-order chi connectivity index (χ0) is 18.1. The fourth-order valence-electron chi connectivity index (χ4n) is 3.61. The van der Waals surface area contributed by atoms with Crippen LogP contribution in [0.3, 0.4) is 0 Å². The summed E-state index contributed by atoms with van der Waals surface area (Å²) in [6, 6.07) is 15.2. The first-order chi connectivity index (χ1) is 12.7. The highest BCUT2D eigenvalue weighted by Gasteiger charge is 2.21. The van der Waals surface area contributed by atoms with E-state index in [9.17, 15) is 9.90 Å². The maximum Gasteiger partial charge on any atom is 0.118 e. The van der Waals surface area contributed by atoms with Crippen molar-refractivity contribution in [2.75, 3.05) is 7.11 Å². The van der Waals surface area contributed by atoms with Gasteiger partial charge in [0.05, 0.1) is 24.3 Å². The van der Waals surface area contributed by atoms with E-state index in [-0.39, 0.29) is 5.56 Å². The van der Waals surface area contributed by atoms with Gasteiger partial charge >= 0.3 is 0 Å². The van der Waals surface area contributed by atoms with E-state index in [0.29, 0.717) is 17.3 Å². The summed E-state index contributed by atoms with van der Waals surface area (Å²) in [5.74, 6) is -0.329. The number of allylic oxidation sites excluding steroid dienone is 1. The van der Waals surface area contributed by atoms with Gasteiger partial charge in [0, 0.05) is 10.9 Å². The van der Waals surface area contributed by atoms with Gasteiger partial charge in [-0.05, 0) is 60.2 Å². The molecule has 0 aliphatic heterocycles. The number of nitrogens with zero attached hydrogens (tertiary/aromatic N) is 1. The standard InChI is InChI=1S/C22H19NO3/c1-26-16-11-9-14(10-12-16)13-15-5-4-7-18-20(22(24)25)17-6-2-3-8-19(17)23-21(15)18/h2-3,6,8-13H,4-5,7H2,1H3,(H,24,25)/p-1/b15-13+. The molecule has 0 spiro atoms. The van der Waals surface area contributed by atoms with Crippen LogP contribution in [0.1, 0.15) is 40.0 Å². The van der Waals surface area contributed by atoms with Crippen LogP contribution in [0, 0.1) is 0 Å². The number of hydrogen-bond donors (Lipinski definition) is 0. The number of aromatic nitrogens is 1. The fourth-order valence-corrected chi connectivity index (χ4v) is 3.61. The molecule has 0 N–H and O–H groups in total. The van der Waals surface area contributed by atoms with Crippen LogP contribution in [0.15, 0.2) is 48.5 Å². The average molecular weight is 344 g/mol. The van der Waals surface area contributed by atoms with Crippen molar-refractivity contribution < 1.29 is 14.6 Å². The van der Waals surface area contributed by atoms with Gasteiger partial charge in [-0.1, -0.05) is 30.3 Å². The van der Waals surface area contributed by atoms with E-state index in [0.717, 1.165) is 41.0 Å². The number of methoxy groups -OCH3 is 1. The van der Waals surface area contributed by atoms with Gasteiger partial charge in [-0.25, -0.2) is 4.98 Å². The lowest BCUT2D eigenvalue weighted by atomic mass is 9.86. The molecule has 4 rings (SSSR count). The lowest BCUT2D eigenvalue weighted by Gasteiger charge is -2.23. The third-order valence-electron chi connectivity index (χ3n) is 4.83. The van der Waals surface area contributed by atoms with Crippen LogP contribution in [0.4, 0.5) is 0 Å². The second-order valence-corrected chi connectivity index (χ2v) is 6.41. The zero-order valence-corrected chi connectivity index (χ0v) is 14.5. The monoisotopic (exact) mass is 344 g/mol. The van der Waals surface area contributed by atoms with E-state index in [2.05, 4.69) is 6.08 Å². The molecule has 1 aliphatic rings. The Labute approximate surface area is 151 Å². The van der Waals surface area contributed by atoms with E-state index >= 15 is 0 Å². The van der Waals surface area contributed by atoms with Gasteiger partial charge in [-0.2, -0.15) is 0 Å². The van der Waals surface area contributed by atoms with Crippen molar-refractivity contribution in [2.24, 2.45) is 0 Å². The molecule has 26 heavy (non-hydrogen) atoms. The van der Waals surface area contributed by atoms with Crippen molar-refractivity contribution in [3.8, 4) is 5.75 Å². The number of carboxylic acid groups (broad SMARTS) is 1. The molecule has 0 bridgehead atoms. The fraction of sp³-hybridized carbons (Fsp3) is 0.182. The lowest BCUT2D eigenvalue weighted by Crippen LogP contribution is -2.26. The molecule has 1 aromatic heterocycles. The van der Waals surface area contributed by atoms with Crippen molar-refractivity contribution in [3.05, 3.63) is 70.9 Å². The molecule has 1 heterocycles. The van der Waals surface area contributed by atoms with E-state index in [1.54, 1.807) is 13.2 Å². The summed E-state index contributed by atoms with van der Waals surface area (Å²) >= 11 is 0. The molecule has 0 fully saturated rings. The van der Waals surface area contributed by atoms with Crippen molar-refractivity contribution in [1.29, 1.82) is 0 Å². The van der Waals surface area contributed by atoms with Crippen molar-refractivity contribution in [3.63, 3.8) is 0 Å². The van der Waals surface area contributed by atoms with Crippen LogP contribution in [0.2, 0.25) is 0 Å². The Balaban J connectivity index is 1.90. The Morgan fingerprint density at radius 2 is 1.88 bits per heavy atom. The smallest absolute Gasteiger partial charge is 0.118 e. The third-order valence-corrected chi connectivity index (χ3v) is 4.83. The highest BCUT2D eigenvalue weighted by molar-refractivity contribution is 6.05. The number of ether oxygens (including phenoxy) is 1. The molecule has 2 aromatic carbocycles. The first kappa shape index (κ1) is 16.3. The first-order valence-corrected chi connectivity index (χ1v) is 8.65. The number of rotatable bonds is 3. The van der Waals surface area contributed by atoms with Crippen molar-refractivity contribution in [2.45, 2.75) is 19.3 Å². The second kappa shape index (κ2) is 6.64. The van der Waals surface area contributed by atoms with Gasteiger partial charge in [0.2, 0.25) is 0 Å². The quantitative estimate of drug-likeness (QED) is 0.730. The van der Waals surface area contributed by atoms with E-state index < -0.39 is 5.97 Å². The topological polar surface area (TPSA) is 62.2 Å². The third kappa shape index (κ3) is 2.84. The summed E-state index contributed by atoms with van der Waals surface area (Å²) in [5.41, 5.74) is 4.64. The Kier molecular flexibility index (Phi) is 4.17. The van der Waals surface area contributed by atoms with Gasteiger partial charge in [0.25, 0.3) is 0 Å². The van der Waals surface area contributed by atoms with Crippen LogP contribution < -0.4 is 9.84 Å². The van der Waals surface area contributed by atoms with Gasteiger partial charge in [0.1, 0.15) is 5.75 Å². The second-order valence-electron chi connectivity index (χ2n) is 6.41. The lowest BCUT2D eigenvalue weighted by molar-refractivity contribution is -0.254. The Bertz CT molecular complexity index is 1020. The van der Waals surface area contributed by atoms with Gasteiger partial charge < -0.3 is 14.6 Å². The average Bonchev–Trinajstić information content (AvgIpc) is 2.67. The van der Waals surface area contributed by atoms with Crippen LogP contribution in [-0.2, 0) is 6.42 Å². The molecule has 0 saturated heterocycles. The maximum atomic E-state index is 11.9. The highest BCUT2D eigenvalue weighted by Crippen LogP contribution is 2.36. The minimum Gasteiger partial charge on any atom is -0.545 e. The summed E-state index contributed by atoms with van der Waals surface area (Å²) in [5, 5.41) is 12.5. The molecule has 130 valence electrons. The molecular formula is C22H18NO3-. The van der Waals surface area contributed by atoms with E-state index in [1.807, 2.05) is 42.5 Å². The Morgan fingerprint density at radius 1 is 1.12 bits per heavy atom. The van der Waals surface area contributed by atoms with Gasteiger partial charge in [-0.15, -0.1) is 0 Å². The molecule has 1 aliphatic carbocycles. The van der Waals surface area contributed by atoms with Gasteiger partial charge in [0.15, 0.2) is 0 Å². The normalized spacial score (nSPS) is 15.0. The van der Waals surface area contributed by atoms with Crippen molar-refractivity contribution >= 4 is 28.5 Å². The summed E-state index contributed by atoms with van der Waals surface area (Å²) in [6.45, 7) is 0. The predicted octanol–water partition coefficient (Wildman–Crippen LogP) is 3.48. The van der Waals surface area contributed by atoms with Crippen LogP contribution >= 0.6 is 0 Å². The number of carbonyl (C=O) groups is 1. The van der Waals surface area contributed by atoms with E-state index in [1.165, 1.54) is 0 Å². The molecule has 4 nitrogen and oxygen atoms in total. The molecular weight excluding hydrogens is 326 g/mol. The molecule has 4 heteroatoms. The van der Waals surface area contributed by atoms with Crippen molar-refractivity contribution in [1.82, 2.24) is 4.98 Å².